The van der Waals surface area contributed by atoms with E-state index in [0.717, 1.165) is 22.4 Å². The summed E-state index contributed by atoms with van der Waals surface area (Å²) in [5.74, 6) is 0.604. The fourth-order valence-electron chi connectivity index (χ4n) is 2.16. The van der Waals surface area contributed by atoms with Crippen molar-refractivity contribution in [3.63, 3.8) is 0 Å². The van der Waals surface area contributed by atoms with Crippen molar-refractivity contribution in [1.29, 1.82) is 0 Å². The van der Waals surface area contributed by atoms with Gasteiger partial charge in [-0.3, -0.25) is 0 Å². The molecule has 0 aromatic heterocycles. The van der Waals surface area contributed by atoms with Crippen molar-refractivity contribution in [2.24, 2.45) is 5.73 Å². The summed E-state index contributed by atoms with van der Waals surface area (Å²) in [7, 11) is 1.61. The number of hydrogen-bond acceptors (Lipinski definition) is 3. The first-order chi connectivity index (χ1) is 10.1. The molecule has 3 nitrogen and oxygen atoms in total. The third-order valence-electron chi connectivity index (χ3n) is 3.25. The van der Waals surface area contributed by atoms with Gasteiger partial charge in [0.2, 0.25) is 0 Å². The zero-order valence-corrected chi connectivity index (χ0v) is 12.4. The van der Waals surface area contributed by atoms with Gasteiger partial charge in [-0.2, -0.15) is 0 Å². The third-order valence-corrected chi connectivity index (χ3v) is 3.25. The molecule has 0 heterocycles. The first-order valence-electron chi connectivity index (χ1n) is 6.89. The average molecular weight is 289 g/mol. The molecule has 0 aliphatic carbocycles. The van der Waals surface area contributed by atoms with E-state index in [4.69, 9.17) is 15.2 Å². The predicted octanol–water partition coefficient (Wildman–Crippen LogP) is 3.22. The van der Waals surface area contributed by atoms with Crippen LogP contribution in [0.1, 0.15) is 16.7 Å². The summed E-state index contributed by atoms with van der Waals surface area (Å²) in [5, 5.41) is 0. The van der Waals surface area contributed by atoms with E-state index in [1.54, 1.807) is 13.2 Å². The molecule has 0 unspecified atom stereocenters. The Balaban J connectivity index is 2.11. The van der Waals surface area contributed by atoms with Gasteiger partial charge in [-0.05, 0) is 49.7 Å². The minimum absolute atomic E-state index is 0.235. The number of nitrogens with two attached hydrogens (primary N) is 1. The smallest absolute Gasteiger partial charge is 0.165 e. The Hall–Kier alpha value is -2.07. The highest BCUT2D eigenvalue weighted by molar-refractivity contribution is 5.37. The normalized spacial score (nSPS) is 10.5. The zero-order valence-electron chi connectivity index (χ0n) is 12.4. The molecule has 0 spiro atoms. The number of benzene rings is 2. The van der Waals surface area contributed by atoms with Crippen LogP contribution in [0.4, 0.5) is 4.39 Å². The van der Waals surface area contributed by atoms with E-state index in [2.05, 4.69) is 0 Å². The molecule has 0 amide bonds. The van der Waals surface area contributed by atoms with Gasteiger partial charge < -0.3 is 15.2 Å². The number of methoxy groups -OCH3 is 1. The number of aryl methyl sites for hydroxylation is 1. The molecule has 2 aromatic carbocycles. The van der Waals surface area contributed by atoms with Gasteiger partial charge in [0.1, 0.15) is 12.4 Å². The quantitative estimate of drug-likeness (QED) is 0.888. The molecule has 0 atom stereocenters. The Kier molecular flexibility index (Phi) is 5.17. The first-order valence-corrected chi connectivity index (χ1v) is 6.89. The van der Waals surface area contributed by atoms with Crippen LogP contribution in [0.5, 0.6) is 11.5 Å². The van der Waals surface area contributed by atoms with Crippen LogP contribution in [0.15, 0.2) is 36.4 Å². The second kappa shape index (κ2) is 7.09. The van der Waals surface area contributed by atoms with Crippen LogP contribution >= 0.6 is 0 Å². The van der Waals surface area contributed by atoms with Gasteiger partial charge >= 0.3 is 0 Å². The summed E-state index contributed by atoms with van der Waals surface area (Å²) in [6.45, 7) is 2.75. The summed E-state index contributed by atoms with van der Waals surface area (Å²) < 4.78 is 24.8. The molecular weight excluding hydrogens is 269 g/mol. The molecule has 0 aliphatic rings. The fourth-order valence-corrected chi connectivity index (χ4v) is 2.16. The van der Waals surface area contributed by atoms with E-state index >= 15 is 0 Å². The minimum Gasteiger partial charge on any atom is -0.496 e. The van der Waals surface area contributed by atoms with E-state index in [0.29, 0.717) is 13.0 Å². The minimum atomic E-state index is -0.368. The lowest BCUT2D eigenvalue weighted by Crippen LogP contribution is -2.04. The summed E-state index contributed by atoms with van der Waals surface area (Å²) in [6, 6.07) is 10.8. The molecule has 21 heavy (non-hydrogen) atoms. The predicted molar refractivity (Wildman–Crippen MR) is 81.2 cm³/mol. The van der Waals surface area contributed by atoms with Gasteiger partial charge in [0.25, 0.3) is 0 Å². The van der Waals surface area contributed by atoms with Crippen LogP contribution in [0, 0.1) is 12.7 Å². The van der Waals surface area contributed by atoms with Crippen LogP contribution in [0.25, 0.3) is 0 Å². The van der Waals surface area contributed by atoms with Gasteiger partial charge in [-0.15, -0.1) is 0 Å². The Morgan fingerprint density at radius 1 is 1.10 bits per heavy atom. The average Bonchev–Trinajstić information content (AvgIpc) is 2.47. The second-order valence-electron chi connectivity index (χ2n) is 4.91. The highest BCUT2D eigenvalue weighted by Gasteiger charge is 2.08. The van der Waals surface area contributed by atoms with Crippen molar-refractivity contribution in [3.8, 4) is 11.5 Å². The highest BCUT2D eigenvalue weighted by Crippen LogP contribution is 2.24. The molecule has 4 heteroatoms. The monoisotopic (exact) mass is 289 g/mol. The van der Waals surface area contributed by atoms with Crippen molar-refractivity contribution in [2.75, 3.05) is 13.7 Å². The van der Waals surface area contributed by atoms with E-state index in [-0.39, 0.29) is 18.2 Å². The molecule has 2 aromatic rings. The largest absolute Gasteiger partial charge is 0.496 e. The van der Waals surface area contributed by atoms with Gasteiger partial charge in [0.15, 0.2) is 11.6 Å². The summed E-state index contributed by atoms with van der Waals surface area (Å²) in [5.41, 5.74) is 8.33. The van der Waals surface area contributed by atoms with Gasteiger partial charge in [-0.25, -0.2) is 4.39 Å². The van der Waals surface area contributed by atoms with E-state index in [1.807, 2.05) is 31.2 Å². The lowest BCUT2D eigenvalue weighted by atomic mass is 10.1. The number of ether oxygens (including phenoxy) is 2. The fraction of sp³-hybridized carbons (Fsp3) is 0.294. The van der Waals surface area contributed by atoms with Crippen molar-refractivity contribution in [2.45, 2.75) is 20.0 Å². The molecule has 2 rings (SSSR count). The molecule has 0 saturated carbocycles. The molecule has 2 N–H and O–H groups in total. The maximum atomic E-state index is 13.9. The maximum Gasteiger partial charge on any atom is 0.165 e. The molecule has 0 saturated heterocycles. The van der Waals surface area contributed by atoms with Crippen LogP contribution in [0.2, 0.25) is 0 Å². The van der Waals surface area contributed by atoms with Gasteiger partial charge in [0.05, 0.1) is 7.11 Å². The van der Waals surface area contributed by atoms with Crippen LogP contribution in [-0.4, -0.2) is 13.7 Å². The van der Waals surface area contributed by atoms with Gasteiger partial charge in [-0.1, -0.05) is 17.7 Å². The van der Waals surface area contributed by atoms with Crippen molar-refractivity contribution in [3.05, 3.63) is 58.9 Å². The molecule has 112 valence electrons. The molecule has 0 aliphatic heterocycles. The summed E-state index contributed by atoms with van der Waals surface area (Å²) in [4.78, 5) is 0. The Morgan fingerprint density at radius 3 is 2.52 bits per heavy atom. The first kappa shape index (κ1) is 15.3. The number of hydrogen-bond donors (Lipinski definition) is 1. The molecule has 0 bridgehead atoms. The van der Waals surface area contributed by atoms with Crippen molar-refractivity contribution < 1.29 is 13.9 Å². The molecule has 0 fully saturated rings. The SMILES string of the molecule is COc1ccc(C)cc1COc1ccc(CCN)cc1F. The van der Waals surface area contributed by atoms with Gasteiger partial charge in [0, 0.05) is 5.56 Å². The molecule has 0 radical (unpaired) electrons. The Labute approximate surface area is 124 Å². The summed E-state index contributed by atoms with van der Waals surface area (Å²) in [6.07, 6.45) is 0.656. The summed E-state index contributed by atoms with van der Waals surface area (Å²) >= 11 is 0. The molecular formula is C17H20FNO2. The van der Waals surface area contributed by atoms with Crippen LogP contribution in [0.3, 0.4) is 0 Å². The number of rotatable bonds is 6. The highest BCUT2D eigenvalue weighted by atomic mass is 19.1. The zero-order chi connectivity index (χ0) is 15.2. The Bertz CT molecular complexity index is 614. The standard InChI is InChI=1S/C17H20FNO2/c1-12-3-5-16(20-2)14(9-12)11-21-17-6-4-13(7-8-19)10-15(17)18/h3-6,9-10H,7-8,11,19H2,1-2H3. The van der Waals surface area contributed by atoms with E-state index in [9.17, 15) is 4.39 Å². The van der Waals surface area contributed by atoms with Crippen molar-refractivity contribution in [1.82, 2.24) is 0 Å². The lowest BCUT2D eigenvalue weighted by molar-refractivity contribution is 0.282. The maximum absolute atomic E-state index is 13.9. The second-order valence-corrected chi connectivity index (χ2v) is 4.91. The topological polar surface area (TPSA) is 44.5 Å². The van der Waals surface area contributed by atoms with Crippen LogP contribution < -0.4 is 15.2 Å². The third kappa shape index (κ3) is 3.95. The number of halogens is 1. The lowest BCUT2D eigenvalue weighted by Gasteiger charge is -2.12. The van der Waals surface area contributed by atoms with E-state index in [1.165, 1.54) is 6.07 Å². The Morgan fingerprint density at radius 2 is 1.86 bits per heavy atom. The van der Waals surface area contributed by atoms with E-state index < -0.39 is 0 Å². The van der Waals surface area contributed by atoms with Crippen LogP contribution in [-0.2, 0) is 13.0 Å². The van der Waals surface area contributed by atoms with Crippen molar-refractivity contribution >= 4 is 0 Å².